The van der Waals surface area contributed by atoms with Gasteiger partial charge in [0.05, 0.1) is 0 Å². The predicted octanol–water partition coefficient (Wildman–Crippen LogP) is 3.13. The van der Waals surface area contributed by atoms with Crippen LogP contribution in [0.4, 0.5) is 0 Å². The largest absolute Gasteiger partial charge is 0.355 e. The molecule has 0 spiro atoms. The van der Waals surface area contributed by atoms with E-state index >= 15 is 0 Å². The molecule has 2 aliphatic rings. The SMILES string of the molecule is CCN1CCCC1CNC(=O)CCC(=O)c1ccc2c(c1)CCCC2. The lowest BCUT2D eigenvalue weighted by atomic mass is 9.89. The molecular weight excluding hydrogens is 312 g/mol. The minimum Gasteiger partial charge on any atom is -0.355 e. The van der Waals surface area contributed by atoms with E-state index in [1.54, 1.807) is 0 Å². The number of Topliss-reactive ketones (excluding diaryl/α,β-unsaturated/α-hetero) is 1. The van der Waals surface area contributed by atoms with Gasteiger partial charge < -0.3 is 5.32 Å². The molecule has 0 bridgehead atoms. The number of amides is 1. The monoisotopic (exact) mass is 342 g/mol. The molecule has 1 aromatic rings. The second kappa shape index (κ2) is 8.61. The van der Waals surface area contributed by atoms with Crippen molar-refractivity contribution in [1.82, 2.24) is 10.2 Å². The topological polar surface area (TPSA) is 49.4 Å². The highest BCUT2D eigenvalue weighted by Crippen LogP contribution is 2.23. The Balaban J connectivity index is 1.44. The van der Waals surface area contributed by atoms with Crippen LogP contribution < -0.4 is 5.32 Å². The van der Waals surface area contributed by atoms with E-state index in [-0.39, 0.29) is 18.1 Å². The van der Waals surface area contributed by atoms with Crippen molar-refractivity contribution in [3.05, 3.63) is 34.9 Å². The van der Waals surface area contributed by atoms with Gasteiger partial charge >= 0.3 is 0 Å². The van der Waals surface area contributed by atoms with Gasteiger partial charge in [0.1, 0.15) is 0 Å². The number of benzene rings is 1. The number of likely N-dealkylation sites (N-methyl/N-ethyl adjacent to an activating group) is 1. The zero-order valence-corrected chi connectivity index (χ0v) is 15.4. The number of nitrogens with zero attached hydrogens (tertiary/aromatic N) is 1. The first-order valence-electron chi connectivity index (χ1n) is 9.83. The quantitative estimate of drug-likeness (QED) is 0.775. The Morgan fingerprint density at radius 3 is 2.72 bits per heavy atom. The van der Waals surface area contributed by atoms with Crippen LogP contribution in [-0.2, 0) is 17.6 Å². The summed E-state index contributed by atoms with van der Waals surface area (Å²) >= 11 is 0. The molecule has 1 atom stereocenters. The van der Waals surface area contributed by atoms with Crippen LogP contribution in [0.5, 0.6) is 0 Å². The first kappa shape index (κ1) is 18.1. The average Bonchev–Trinajstić information content (AvgIpc) is 3.11. The lowest BCUT2D eigenvalue weighted by Crippen LogP contribution is -2.40. The molecule has 0 saturated carbocycles. The number of hydrogen-bond acceptors (Lipinski definition) is 3. The first-order chi connectivity index (χ1) is 12.2. The molecule has 0 radical (unpaired) electrons. The molecule has 1 aliphatic carbocycles. The summed E-state index contributed by atoms with van der Waals surface area (Å²) in [4.78, 5) is 26.9. The first-order valence-corrected chi connectivity index (χ1v) is 9.83. The summed E-state index contributed by atoms with van der Waals surface area (Å²) in [7, 11) is 0. The van der Waals surface area contributed by atoms with Gasteiger partial charge in [0.2, 0.25) is 5.91 Å². The average molecular weight is 342 g/mol. The summed E-state index contributed by atoms with van der Waals surface area (Å²) in [5, 5.41) is 3.01. The van der Waals surface area contributed by atoms with Crippen LogP contribution in [-0.4, -0.2) is 42.3 Å². The molecule has 4 heteroatoms. The zero-order valence-electron chi connectivity index (χ0n) is 15.4. The lowest BCUT2D eigenvalue weighted by Gasteiger charge is -2.22. The second-order valence-corrected chi connectivity index (χ2v) is 7.34. The van der Waals surface area contributed by atoms with Crippen molar-refractivity contribution in [2.75, 3.05) is 19.6 Å². The number of carbonyl (C=O) groups excluding carboxylic acids is 2. The van der Waals surface area contributed by atoms with Gasteiger partial charge in [-0.05, 0) is 68.8 Å². The molecule has 1 heterocycles. The standard InChI is InChI=1S/C21H30N2O2/c1-2-23-13-5-8-19(23)15-22-21(25)12-11-20(24)18-10-9-16-6-3-4-7-17(16)14-18/h9-10,14,19H,2-8,11-13,15H2,1H3,(H,22,25). The van der Waals surface area contributed by atoms with Crippen molar-refractivity contribution in [2.45, 2.75) is 64.3 Å². The van der Waals surface area contributed by atoms with Gasteiger partial charge in [-0.25, -0.2) is 0 Å². The third-order valence-electron chi connectivity index (χ3n) is 5.69. The Morgan fingerprint density at radius 1 is 1.12 bits per heavy atom. The minimum absolute atomic E-state index is 0.00531. The van der Waals surface area contributed by atoms with E-state index < -0.39 is 0 Å². The highest BCUT2D eigenvalue weighted by Gasteiger charge is 2.23. The molecule has 1 unspecified atom stereocenters. The summed E-state index contributed by atoms with van der Waals surface area (Å²) in [5.74, 6) is 0.0776. The Morgan fingerprint density at radius 2 is 1.92 bits per heavy atom. The summed E-state index contributed by atoms with van der Waals surface area (Å²) in [6.07, 6.45) is 7.61. The van der Waals surface area contributed by atoms with Gasteiger partial charge in [0, 0.05) is 31.0 Å². The maximum atomic E-state index is 12.4. The van der Waals surface area contributed by atoms with E-state index in [4.69, 9.17) is 0 Å². The third kappa shape index (κ3) is 4.69. The van der Waals surface area contributed by atoms with Gasteiger partial charge in [-0.15, -0.1) is 0 Å². The minimum atomic E-state index is -0.00531. The fraction of sp³-hybridized carbons (Fsp3) is 0.619. The number of likely N-dealkylation sites (tertiary alicyclic amines) is 1. The van der Waals surface area contributed by atoms with E-state index in [1.807, 2.05) is 12.1 Å². The Labute approximate surface area is 151 Å². The summed E-state index contributed by atoms with van der Waals surface area (Å²) in [5.41, 5.74) is 3.47. The number of ketones is 1. The van der Waals surface area contributed by atoms with Crippen LogP contribution in [0.1, 0.15) is 66.9 Å². The van der Waals surface area contributed by atoms with Crippen LogP contribution in [0.3, 0.4) is 0 Å². The normalized spacial score (nSPS) is 20.3. The van der Waals surface area contributed by atoms with Crippen LogP contribution in [0.25, 0.3) is 0 Å². The van der Waals surface area contributed by atoms with Crippen molar-refractivity contribution in [3.8, 4) is 0 Å². The highest BCUT2D eigenvalue weighted by molar-refractivity contribution is 5.98. The van der Waals surface area contributed by atoms with Gasteiger partial charge in [-0.2, -0.15) is 0 Å². The predicted molar refractivity (Wildman–Crippen MR) is 99.9 cm³/mol. The molecule has 3 rings (SSSR count). The van der Waals surface area contributed by atoms with Crippen LogP contribution >= 0.6 is 0 Å². The van der Waals surface area contributed by atoms with E-state index in [0.717, 1.165) is 37.9 Å². The Bertz CT molecular complexity index is 626. The molecule has 1 N–H and O–H groups in total. The van der Waals surface area contributed by atoms with Crippen molar-refractivity contribution >= 4 is 11.7 Å². The van der Waals surface area contributed by atoms with Crippen molar-refractivity contribution in [1.29, 1.82) is 0 Å². The number of hydrogen-bond donors (Lipinski definition) is 1. The number of carbonyl (C=O) groups is 2. The highest BCUT2D eigenvalue weighted by atomic mass is 16.2. The van der Waals surface area contributed by atoms with E-state index in [0.29, 0.717) is 19.0 Å². The number of nitrogens with one attached hydrogen (secondary N) is 1. The zero-order chi connectivity index (χ0) is 17.6. The summed E-state index contributed by atoms with van der Waals surface area (Å²) in [6, 6.07) is 6.54. The molecule has 1 aliphatic heterocycles. The van der Waals surface area contributed by atoms with Gasteiger partial charge in [-0.1, -0.05) is 19.1 Å². The van der Waals surface area contributed by atoms with Crippen molar-refractivity contribution in [2.24, 2.45) is 0 Å². The fourth-order valence-electron chi connectivity index (χ4n) is 4.14. The van der Waals surface area contributed by atoms with Crippen LogP contribution in [0, 0.1) is 0 Å². The molecular formula is C21H30N2O2. The maximum Gasteiger partial charge on any atom is 0.220 e. The number of rotatable bonds is 7. The van der Waals surface area contributed by atoms with Crippen LogP contribution in [0.15, 0.2) is 18.2 Å². The van der Waals surface area contributed by atoms with Crippen molar-refractivity contribution < 1.29 is 9.59 Å². The molecule has 1 aromatic carbocycles. The second-order valence-electron chi connectivity index (χ2n) is 7.34. The van der Waals surface area contributed by atoms with Crippen molar-refractivity contribution in [3.63, 3.8) is 0 Å². The Kier molecular flexibility index (Phi) is 6.24. The smallest absolute Gasteiger partial charge is 0.220 e. The molecule has 0 aromatic heterocycles. The Hall–Kier alpha value is -1.68. The van der Waals surface area contributed by atoms with Gasteiger partial charge in [0.15, 0.2) is 5.78 Å². The lowest BCUT2D eigenvalue weighted by molar-refractivity contribution is -0.121. The molecule has 4 nitrogen and oxygen atoms in total. The van der Waals surface area contributed by atoms with E-state index in [2.05, 4.69) is 23.2 Å². The fourth-order valence-corrected chi connectivity index (χ4v) is 4.14. The van der Waals surface area contributed by atoms with Gasteiger partial charge in [0.25, 0.3) is 0 Å². The summed E-state index contributed by atoms with van der Waals surface area (Å²) < 4.78 is 0. The van der Waals surface area contributed by atoms with Crippen LogP contribution in [0.2, 0.25) is 0 Å². The van der Waals surface area contributed by atoms with E-state index in [9.17, 15) is 9.59 Å². The maximum absolute atomic E-state index is 12.4. The van der Waals surface area contributed by atoms with Gasteiger partial charge in [-0.3, -0.25) is 14.5 Å². The molecule has 1 amide bonds. The molecule has 1 saturated heterocycles. The van der Waals surface area contributed by atoms with E-state index in [1.165, 1.54) is 30.4 Å². The number of fused-ring (bicyclic) bond motifs is 1. The number of aryl methyl sites for hydroxylation is 2. The third-order valence-corrected chi connectivity index (χ3v) is 5.69. The summed E-state index contributed by atoms with van der Waals surface area (Å²) in [6.45, 7) is 5.04. The molecule has 1 fully saturated rings. The molecule has 25 heavy (non-hydrogen) atoms. The molecule has 136 valence electrons.